The first-order chi connectivity index (χ1) is 7.66. The molecule has 94 valence electrons. The summed E-state index contributed by atoms with van der Waals surface area (Å²) in [6.45, 7) is 1.78. The lowest BCUT2D eigenvalue weighted by Crippen LogP contribution is -2.36. The van der Waals surface area contributed by atoms with E-state index in [1.54, 1.807) is 18.2 Å². The van der Waals surface area contributed by atoms with E-state index in [9.17, 15) is 4.79 Å². The first kappa shape index (κ1) is 14.6. The molecule has 1 aromatic rings. The smallest absolute Gasteiger partial charge is 0.251 e. The van der Waals surface area contributed by atoms with Gasteiger partial charge in [-0.15, -0.1) is 12.4 Å². The number of halogens is 3. The van der Waals surface area contributed by atoms with E-state index in [0.717, 1.165) is 19.5 Å². The maximum absolute atomic E-state index is 11.8. The second kappa shape index (κ2) is 6.45. The van der Waals surface area contributed by atoms with Crippen LogP contribution >= 0.6 is 35.6 Å². The molecule has 2 N–H and O–H groups in total. The van der Waals surface area contributed by atoms with Gasteiger partial charge >= 0.3 is 0 Å². The largest absolute Gasteiger partial charge is 0.348 e. The number of benzene rings is 1. The number of carbonyl (C=O) groups is 1. The molecule has 1 heterocycles. The molecule has 1 aliphatic heterocycles. The fourth-order valence-corrected chi connectivity index (χ4v) is 1.98. The number of hydrogen-bond acceptors (Lipinski definition) is 2. The second-order valence-electron chi connectivity index (χ2n) is 3.79. The minimum Gasteiger partial charge on any atom is -0.348 e. The van der Waals surface area contributed by atoms with Crippen molar-refractivity contribution in [3.05, 3.63) is 33.8 Å². The summed E-state index contributed by atoms with van der Waals surface area (Å²) < 4.78 is 0. The Morgan fingerprint density at radius 2 is 2.12 bits per heavy atom. The summed E-state index contributed by atoms with van der Waals surface area (Å²) in [6.07, 6.45) is 0.965. The van der Waals surface area contributed by atoms with Crippen molar-refractivity contribution in [2.24, 2.45) is 0 Å². The number of rotatable bonds is 2. The topological polar surface area (TPSA) is 41.1 Å². The maximum Gasteiger partial charge on any atom is 0.251 e. The third-order valence-corrected chi connectivity index (χ3v) is 3.32. The van der Waals surface area contributed by atoms with Crippen LogP contribution in [-0.4, -0.2) is 25.0 Å². The van der Waals surface area contributed by atoms with Gasteiger partial charge < -0.3 is 10.6 Å². The van der Waals surface area contributed by atoms with Crippen LogP contribution in [0.2, 0.25) is 10.0 Å². The van der Waals surface area contributed by atoms with E-state index in [2.05, 4.69) is 10.6 Å². The van der Waals surface area contributed by atoms with Crippen molar-refractivity contribution in [3.8, 4) is 0 Å². The van der Waals surface area contributed by atoms with Crippen LogP contribution in [0.3, 0.4) is 0 Å². The summed E-state index contributed by atoms with van der Waals surface area (Å²) in [5.74, 6) is -0.104. The Labute approximate surface area is 116 Å². The van der Waals surface area contributed by atoms with Crippen LogP contribution in [-0.2, 0) is 0 Å². The number of carbonyl (C=O) groups excluding carboxylic acids is 1. The van der Waals surface area contributed by atoms with Gasteiger partial charge in [0.15, 0.2) is 0 Å². The summed E-state index contributed by atoms with van der Waals surface area (Å²) in [6, 6.07) is 5.10. The van der Waals surface area contributed by atoms with Gasteiger partial charge in [-0.2, -0.15) is 0 Å². The highest BCUT2D eigenvalue weighted by atomic mass is 35.5. The third kappa shape index (κ3) is 3.75. The second-order valence-corrected chi connectivity index (χ2v) is 4.61. The van der Waals surface area contributed by atoms with Crippen LogP contribution in [0.25, 0.3) is 0 Å². The van der Waals surface area contributed by atoms with Crippen molar-refractivity contribution in [3.63, 3.8) is 0 Å². The molecule has 17 heavy (non-hydrogen) atoms. The van der Waals surface area contributed by atoms with Crippen LogP contribution in [0, 0.1) is 0 Å². The van der Waals surface area contributed by atoms with Crippen LogP contribution in [0.15, 0.2) is 18.2 Å². The van der Waals surface area contributed by atoms with Gasteiger partial charge in [-0.05, 0) is 31.2 Å². The van der Waals surface area contributed by atoms with Gasteiger partial charge in [0, 0.05) is 18.2 Å². The Bertz CT molecular complexity index is 406. The first-order valence-corrected chi connectivity index (χ1v) is 5.89. The maximum atomic E-state index is 11.8. The van der Waals surface area contributed by atoms with E-state index in [1.807, 2.05) is 0 Å². The zero-order valence-corrected chi connectivity index (χ0v) is 11.3. The van der Waals surface area contributed by atoms with E-state index < -0.39 is 0 Å². The minimum atomic E-state index is -0.104. The minimum absolute atomic E-state index is 0. The highest BCUT2D eigenvalue weighted by Crippen LogP contribution is 2.22. The Morgan fingerprint density at radius 3 is 2.71 bits per heavy atom. The van der Waals surface area contributed by atoms with Gasteiger partial charge in [-0.3, -0.25) is 4.79 Å². The van der Waals surface area contributed by atoms with Crippen LogP contribution in [0.1, 0.15) is 16.8 Å². The Hall–Kier alpha value is -0.480. The molecule has 1 fully saturated rings. The molecular formula is C11H13Cl3N2O. The zero-order chi connectivity index (χ0) is 11.5. The average molecular weight is 296 g/mol. The van der Waals surface area contributed by atoms with Crippen molar-refractivity contribution in [1.29, 1.82) is 0 Å². The Morgan fingerprint density at radius 1 is 1.35 bits per heavy atom. The first-order valence-electron chi connectivity index (χ1n) is 5.13. The van der Waals surface area contributed by atoms with Gasteiger partial charge in [-0.1, -0.05) is 23.2 Å². The van der Waals surface area contributed by atoms with Crippen molar-refractivity contribution in [1.82, 2.24) is 10.6 Å². The van der Waals surface area contributed by atoms with Crippen molar-refractivity contribution in [2.75, 3.05) is 13.1 Å². The zero-order valence-electron chi connectivity index (χ0n) is 9.00. The predicted molar refractivity (Wildman–Crippen MR) is 72.5 cm³/mol. The van der Waals surface area contributed by atoms with Gasteiger partial charge in [0.1, 0.15) is 0 Å². The number of amides is 1. The molecule has 0 aromatic heterocycles. The van der Waals surface area contributed by atoms with E-state index in [1.165, 1.54) is 0 Å². The summed E-state index contributed by atoms with van der Waals surface area (Å²) in [5.41, 5.74) is 0.543. The molecule has 0 radical (unpaired) electrons. The lowest BCUT2D eigenvalue weighted by Gasteiger charge is -2.11. The molecule has 6 heteroatoms. The number of nitrogens with one attached hydrogen (secondary N) is 2. The van der Waals surface area contributed by atoms with Crippen LogP contribution in [0.5, 0.6) is 0 Å². The molecule has 3 nitrogen and oxygen atoms in total. The highest BCUT2D eigenvalue weighted by Gasteiger charge is 2.17. The predicted octanol–water partition coefficient (Wildman–Crippen LogP) is 2.51. The van der Waals surface area contributed by atoms with Crippen LogP contribution < -0.4 is 10.6 Å². The lowest BCUT2D eigenvalue weighted by atomic mass is 10.2. The van der Waals surface area contributed by atoms with Crippen molar-refractivity contribution in [2.45, 2.75) is 12.5 Å². The molecular weight excluding hydrogens is 282 g/mol. The van der Waals surface area contributed by atoms with Gasteiger partial charge in [0.05, 0.1) is 10.0 Å². The molecule has 1 amide bonds. The standard InChI is InChI=1S/C11H12Cl2N2O.ClH/c12-9-2-1-7(5-10(9)13)11(16)15-8-3-4-14-6-8;/h1-2,5,8,14H,3-4,6H2,(H,15,16);1H. The molecule has 1 aliphatic rings. The van der Waals surface area contributed by atoms with E-state index in [-0.39, 0.29) is 24.4 Å². The summed E-state index contributed by atoms with van der Waals surface area (Å²) in [4.78, 5) is 11.8. The summed E-state index contributed by atoms with van der Waals surface area (Å²) in [5, 5.41) is 6.99. The van der Waals surface area contributed by atoms with Gasteiger partial charge in [-0.25, -0.2) is 0 Å². The average Bonchev–Trinajstić information content (AvgIpc) is 2.74. The van der Waals surface area contributed by atoms with E-state index in [4.69, 9.17) is 23.2 Å². The molecule has 1 unspecified atom stereocenters. The monoisotopic (exact) mass is 294 g/mol. The molecule has 0 spiro atoms. The molecule has 0 bridgehead atoms. The Balaban J connectivity index is 0.00000144. The molecule has 2 rings (SSSR count). The third-order valence-electron chi connectivity index (χ3n) is 2.58. The molecule has 0 aliphatic carbocycles. The fourth-order valence-electron chi connectivity index (χ4n) is 1.68. The van der Waals surface area contributed by atoms with E-state index in [0.29, 0.717) is 15.6 Å². The lowest BCUT2D eigenvalue weighted by molar-refractivity contribution is 0.0940. The quantitative estimate of drug-likeness (QED) is 0.880. The van der Waals surface area contributed by atoms with E-state index >= 15 is 0 Å². The summed E-state index contributed by atoms with van der Waals surface area (Å²) in [7, 11) is 0. The van der Waals surface area contributed by atoms with Crippen molar-refractivity contribution >= 4 is 41.5 Å². The van der Waals surface area contributed by atoms with Crippen LogP contribution in [0.4, 0.5) is 0 Å². The molecule has 1 aromatic carbocycles. The molecule has 1 saturated heterocycles. The highest BCUT2D eigenvalue weighted by molar-refractivity contribution is 6.42. The summed E-state index contributed by atoms with van der Waals surface area (Å²) >= 11 is 11.6. The SMILES string of the molecule is Cl.O=C(NC1CCNC1)c1ccc(Cl)c(Cl)c1. The molecule has 1 atom stereocenters. The fraction of sp³-hybridized carbons (Fsp3) is 0.364. The van der Waals surface area contributed by atoms with Gasteiger partial charge in [0.2, 0.25) is 0 Å². The number of hydrogen-bond donors (Lipinski definition) is 2. The van der Waals surface area contributed by atoms with Gasteiger partial charge in [0.25, 0.3) is 5.91 Å². The molecule has 0 saturated carbocycles. The normalized spacial score (nSPS) is 18.6. The Kier molecular flexibility index (Phi) is 5.53. The van der Waals surface area contributed by atoms with Crippen molar-refractivity contribution < 1.29 is 4.79 Å².